The molecule has 0 bridgehead atoms. The number of rotatable bonds is 7. The number of allylic oxidation sites excluding steroid dienone is 1. The predicted octanol–water partition coefficient (Wildman–Crippen LogP) is 3.64. The van der Waals surface area contributed by atoms with Crippen molar-refractivity contribution in [2.24, 2.45) is 11.3 Å². The van der Waals surface area contributed by atoms with Crippen molar-refractivity contribution in [2.75, 3.05) is 0 Å². The Morgan fingerprint density at radius 1 is 1.30 bits per heavy atom. The largest absolute Gasteiger partial charge is 0.480 e. The molecule has 0 aromatic heterocycles. The highest BCUT2D eigenvalue weighted by Gasteiger charge is 2.72. The van der Waals surface area contributed by atoms with Crippen LogP contribution in [0.2, 0.25) is 0 Å². The van der Waals surface area contributed by atoms with Gasteiger partial charge >= 0.3 is 12.1 Å². The minimum atomic E-state index is -0.952. The predicted molar refractivity (Wildman–Crippen MR) is 86.1 cm³/mol. The van der Waals surface area contributed by atoms with Crippen LogP contribution in [0.3, 0.4) is 0 Å². The van der Waals surface area contributed by atoms with Crippen molar-refractivity contribution in [3.8, 4) is 0 Å². The van der Waals surface area contributed by atoms with E-state index in [2.05, 4.69) is 11.9 Å². The van der Waals surface area contributed by atoms with Crippen LogP contribution < -0.4 is 5.32 Å². The van der Waals surface area contributed by atoms with Gasteiger partial charge in [-0.05, 0) is 57.3 Å². The topological polar surface area (TPSA) is 75.6 Å². The zero-order valence-electron chi connectivity index (χ0n) is 13.7. The summed E-state index contributed by atoms with van der Waals surface area (Å²) in [6.07, 6.45) is 11.1. The van der Waals surface area contributed by atoms with Gasteiger partial charge in [0.15, 0.2) is 0 Å². The van der Waals surface area contributed by atoms with Crippen LogP contribution in [0.4, 0.5) is 4.79 Å². The number of carbonyl (C=O) groups excluding carboxylic acids is 1. The summed E-state index contributed by atoms with van der Waals surface area (Å²) in [5.41, 5.74) is -0.233. The van der Waals surface area contributed by atoms with Gasteiger partial charge in [-0.2, -0.15) is 0 Å². The van der Waals surface area contributed by atoms with Crippen molar-refractivity contribution >= 4 is 12.1 Å². The van der Waals surface area contributed by atoms with Crippen LogP contribution >= 0.6 is 0 Å². The Morgan fingerprint density at radius 3 is 2.70 bits per heavy atom. The van der Waals surface area contributed by atoms with E-state index in [1.165, 1.54) is 0 Å². The number of hydrogen-bond acceptors (Lipinski definition) is 3. The number of ether oxygens (including phenoxy) is 1. The van der Waals surface area contributed by atoms with E-state index in [4.69, 9.17) is 4.74 Å². The van der Waals surface area contributed by atoms with Gasteiger partial charge in [0, 0.05) is 5.41 Å². The zero-order chi connectivity index (χ0) is 16.5. The Balaban J connectivity index is 1.58. The zero-order valence-corrected chi connectivity index (χ0v) is 13.7. The molecular weight excluding hydrogens is 294 g/mol. The summed E-state index contributed by atoms with van der Waals surface area (Å²) in [5.74, 6) is -0.919. The van der Waals surface area contributed by atoms with E-state index in [1.807, 2.05) is 6.08 Å². The summed E-state index contributed by atoms with van der Waals surface area (Å²) in [6.45, 7) is 3.77. The number of alkyl carbamates (subject to hydrolysis) is 1. The minimum Gasteiger partial charge on any atom is -0.480 e. The molecule has 128 valence electrons. The van der Waals surface area contributed by atoms with Gasteiger partial charge in [0.25, 0.3) is 0 Å². The first-order valence-corrected chi connectivity index (χ1v) is 8.85. The molecule has 0 aliphatic heterocycles. The fourth-order valence-corrected chi connectivity index (χ4v) is 4.91. The van der Waals surface area contributed by atoms with Gasteiger partial charge in [-0.1, -0.05) is 18.9 Å². The first kappa shape index (κ1) is 16.3. The molecule has 0 spiro atoms. The fraction of sp³-hybridized carbons (Fsp3) is 0.778. The molecule has 3 saturated carbocycles. The minimum absolute atomic E-state index is 0.0332. The lowest BCUT2D eigenvalue weighted by molar-refractivity contribution is -0.140. The van der Waals surface area contributed by atoms with Gasteiger partial charge in [-0.15, -0.1) is 6.58 Å². The molecule has 3 aliphatic rings. The van der Waals surface area contributed by atoms with Gasteiger partial charge in [0.2, 0.25) is 0 Å². The molecule has 2 N–H and O–H groups in total. The average Bonchev–Trinajstić information content (AvgIpc) is 2.90. The second-order valence-corrected chi connectivity index (χ2v) is 7.53. The van der Waals surface area contributed by atoms with Gasteiger partial charge in [-0.3, -0.25) is 0 Å². The molecular formula is C18H27NO4. The highest BCUT2D eigenvalue weighted by Crippen LogP contribution is 2.71. The molecule has 0 heterocycles. The fourth-order valence-electron chi connectivity index (χ4n) is 4.91. The number of amides is 1. The van der Waals surface area contributed by atoms with Gasteiger partial charge in [0.05, 0.1) is 0 Å². The maximum absolute atomic E-state index is 12.3. The second kappa shape index (κ2) is 6.17. The first-order valence-electron chi connectivity index (χ1n) is 8.85. The van der Waals surface area contributed by atoms with E-state index in [-0.39, 0.29) is 16.9 Å². The Labute approximate surface area is 137 Å². The quantitative estimate of drug-likeness (QED) is 0.702. The van der Waals surface area contributed by atoms with Gasteiger partial charge in [0.1, 0.15) is 11.6 Å². The van der Waals surface area contributed by atoms with Crippen molar-refractivity contribution in [3.63, 3.8) is 0 Å². The van der Waals surface area contributed by atoms with E-state index >= 15 is 0 Å². The van der Waals surface area contributed by atoms with Crippen LogP contribution in [0.5, 0.6) is 0 Å². The first-order chi connectivity index (χ1) is 11.0. The molecule has 5 heteroatoms. The summed E-state index contributed by atoms with van der Waals surface area (Å²) < 4.78 is 5.77. The second-order valence-electron chi connectivity index (χ2n) is 7.53. The Hall–Kier alpha value is -1.52. The normalized spacial score (nSPS) is 33.7. The number of fused-ring (bicyclic) bond motifs is 1. The summed E-state index contributed by atoms with van der Waals surface area (Å²) in [4.78, 5) is 23.8. The molecule has 0 radical (unpaired) electrons. The lowest BCUT2D eigenvalue weighted by atomic mass is 9.96. The molecule has 5 nitrogen and oxygen atoms in total. The Morgan fingerprint density at radius 2 is 2.04 bits per heavy atom. The van der Waals surface area contributed by atoms with E-state index < -0.39 is 18.1 Å². The van der Waals surface area contributed by atoms with E-state index in [1.54, 1.807) is 0 Å². The summed E-state index contributed by atoms with van der Waals surface area (Å²) in [6, 6.07) is -0.816. The molecule has 3 rings (SSSR count). The number of hydrogen-bond donors (Lipinski definition) is 2. The third kappa shape index (κ3) is 2.98. The molecule has 0 unspecified atom stereocenters. The Kier molecular flexibility index (Phi) is 4.39. The third-order valence-electron chi connectivity index (χ3n) is 6.23. The highest BCUT2D eigenvalue weighted by molar-refractivity contribution is 5.80. The molecule has 0 aromatic rings. The van der Waals surface area contributed by atoms with E-state index in [9.17, 15) is 14.7 Å². The molecule has 3 aliphatic carbocycles. The maximum Gasteiger partial charge on any atom is 0.408 e. The Bertz CT molecular complexity index is 499. The van der Waals surface area contributed by atoms with Crippen molar-refractivity contribution in [1.82, 2.24) is 5.32 Å². The van der Waals surface area contributed by atoms with Gasteiger partial charge in [-0.25, -0.2) is 9.59 Å². The smallest absolute Gasteiger partial charge is 0.408 e. The van der Waals surface area contributed by atoms with Crippen LogP contribution in [0.15, 0.2) is 12.7 Å². The van der Waals surface area contributed by atoms with E-state index in [0.717, 1.165) is 64.2 Å². The van der Waals surface area contributed by atoms with Crippen LogP contribution in [-0.2, 0) is 9.53 Å². The highest BCUT2D eigenvalue weighted by atomic mass is 16.6. The summed E-state index contributed by atoms with van der Waals surface area (Å²) >= 11 is 0. The number of carboxylic acid groups (broad SMARTS) is 1. The SMILES string of the molecule is C=CCC[C@]12CCC[C@]1(OC(=O)N[C@H](C(=O)O)C1CCCC1)C2. The molecule has 0 aromatic carbocycles. The summed E-state index contributed by atoms with van der Waals surface area (Å²) in [5, 5.41) is 12.0. The molecule has 1 amide bonds. The number of nitrogens with one attached hydrogen (secondary N) is 1. The van der Waals surface area contributed by atoms with Crippen molar-refractivity contribution < 1.29 is 19.4 Å². The molecule has 3 fully saturated rings. The number of carbonyl (C=O) groups is 2. The van der Waals surface area contributed by atoms with Crippen LogP contribution in [0.1, 0.15) is 64.2 Å². The third-order valence-corrected chi connectivity index (χ3v) is 6.23. The maximum atomic E-state index is 12.3. The standard InChI is InChI=1S/C18H27NO4/c1-2-3-9-17-10-6-11-18(17,12-17)23-16(22)19-14(15(20)21)13-7-4-5-8-13/h2,13-14H,1,3-12H2,(H,19,22)(H,20,21)/t14-,17+,18-/m0/s1. The molecule has 3 atom stereocenters. The van der Waals surface area contributed by atoms with Gasteiger partial charge < -0.3 is 15.2 Å². The molecule has 23 heavy (non-hydrogen) atoms. The number of carboxylic acids is 1. The lowest BCUT2D eigenvalue weighted by Crippen LogP contribution is -2.46. The monoisotopic (exact) mass is 321 g/mol. The lowest BCUT2D eigenvalue weighted by Gasteiger charge is -2.23. The average molecular weight is 321 g/mol. The number of aliphatic carboxylic acids is 1. The van der Waals surface area contributed by atoms with E-state index in [0.29, 0.717) is 0 Å². The van der Waals surface area contributed by atoms with Crippen molar-refractivity contribution in [1.29, 1.82) is 0 Å². The van der Waals surface area contributed by atoms with Crippen molar-refractivity contribution in [2.45, 2.75) is 75.9 Å². The van der Waals surface area contributed by atoms with Crippen molar-refractivity contribution in [3.05, 3.63) is 12.7 Å². The van der Waals surface area contributed by atoms with Crippen LogP contribution in [-0.4, -0.2) is 28.8 Å². The van der Waals surface area contributed by atoms with Crippen LogP contribution in [0.25, 0.3) is 0 Å². The molecule has 0 saturated heterocycles. The summed E-state index contributed by atoms with van der Waals surface area (Å²) in [7, 11) is 0. The van der Waals surface area contributed by atoms with Crippen LogP contribution in [0, 0.1) is 11.3 Å².